The van der Waals surface area contributed by atoms with E-state index in [0.717, 1.165) is 38.6 Å². The highest BCUT2D eigenvalue weighted by Crippen LogP contribution is 2.35. The maximum atomic E-state index is 12.3. The van der Waals surface area contributed by atoms with Crippen LogP contribution in [0.1, 0.15) is 63.4 Å². The summed E-state index contributed by atoms with van der Waals surface area (Å²) in [6.45, 7) is 7.50. The Morgan fingerprint density at radius 2 is 2.05 bits per heavy atom. The summed E-state index contributed by atoms with van der Waals surface area (Å²) < 4.78 is 0. The van der Waals surface area contributed by atoms with Gasteiger partial charge in [-0.2, -0.15) is 0 Å². The first-order valence-corrected chi connectivity index (χ1v) is 7.87. The third kappa shape index (κ3) is 4.69. The van der Waals surface area contributed by atoms with Crippen LogP contribution >= 0.6 is 0 Å². The number of aromatic nitrogens is 2. The number of amides is 1. The zero-order valence-electron chi connectivity index (χ0n) is 13.3. The van der Waals surface area contributed by atoms with Crippen molar-refractivity contribution in [2.24, 2.45) is 5.41 Å². The summed E-state index contributed by atoms with van der Waals surface area (Å²) in [6.07, 6.45) is 8.58. The monoisotopic (exact) mass is 290 g/mol. The lowest BCUT2D eigenvalue weighted by Crippen LogP contribution is -2.39. The molecule has 21 heavy (non-hydrogen) atoms. The first kappa shape index (κ1) is 15.7. The number of carbonyl (C=O) groups is 1. The van der Waals surface area contributed by atoms with E-state index < -0.39 is 0 Å². The van der Waals surface area contributed by atoms with E-state index in [1.54, 1.807) is 6.20 Å². The van der Waals surface area contributed by atoms with Crippen LogP contribution < -0.4 is 10.6 Å². The number of nitrogens with zero attached hydrogens (tertiary/aromatic N) is 2. The molecule has 2 rings (SSSR count). The Hall–Kier alpha value is -1.65. The number of nitrogens with one attached hydrogen (secondary N) is 2. The van der Waals surface area contributed by atoms with Gasteiger partial charge >= 0.3 is 0 Å². The first-order valence-electron chi connectivity index (χ1n) is 7.87. The highest BCUT2D eigenvalue weighted by molar-refractivity contribution is 5.92. The molecular weight excluding hydrogens is 264 g/mol. The molecule has 5 heteroatoms. The van der Waals surface area contributed by atoms with E-state index in [-0.39, 0.29) is 11.9 Å². The summed E-state index contributed by atoms with van der Waals surface area (Å²) in [4.78, 5) is 20.7. The van der Waals surface area contributed by atoms with Crippen LogP contribution in [0.2, 0.25) is 0 Å². The maximum absolute atomic E-state index is 12.3. The molecule has 0 unspecified atom stereocenters. The number of anilines is 1. The van der Waals surface area contributed by atoms with Gasteiger partial charge in [-0.15, -0.1) is 0 Å². The van der Waals surface area contributed by atoms with Gasteiger partial charge in [0.15, 0.2) is 0 Å². The van der Waals surface area contributed by atoms with Crippen molar-refractivity contribution < 1.29 is 4.79 Å². The van der Waals surface area contributed by atoms with Crippen molar-refractivity contribution in [1.82, 2.24) is 15.3 Å². The predicted molar refractivity (Wildman–Crippen MR) is 84.3 cm³/mol. The minimum absolute atomic E-state index is 0.118. The third-order valence-corrected chi connectivity index (χ3v) is 4.10. The van der Waals surface area contributed by atoms with E-state index in [1.165, 1.54) is 6.20 Å². The molecule has 1 heterocycles. The Morgan fingerprint density at radius 1 is 1.33 bits per heavy atom. The number of carbonyl (C=O) groups excluding carboxylic acids is 1. The molecule has 0 radical (unpaired) electrons. The fourth-order valence-corrected chi connectivity index (χ4v) is 2.62. The summed E-state index contributed by atoms with van der Waals surface area (Å²) >= 11 is 0. The molecule has 1 aromatic heterocycles. The zero-order valence-corrected chi connectivity index (χ0v) is 13.3. The van der Waals surface area contributed by atoms with E-state index >= 15 is 0 Å². The van der Waals surface area contributed by atoms with Gasteiger partial charge in [0, 0.05) is 12.6 Å². The minimum Gasteiger partial charge on any atom is -0.369 e. The number of rotatable bonds is 5. The van der Waals surface area contributed by atoms with Gasteiger partial charge in [-0.1, -0.05) is 20.8 Å². The Morgan fingerprint density at radius 3 is 2.71 bits per heavy atom. The normalized spacial score (nSPS) is 18.2. The first-order chi connectivity index (χ1) is 10.00. The van der Waals surface area contributed by atoms with Gasteiger partial charge < -0.3 is 10.6 Å². The van der Waals surface area contributed by atoms with Crippen LogP contribution in [0.3, 0.4) is 0 Å². The van der Waals surface area contributed by atoms with Crippen LogP contribution in [-0.2, 0) is 0 Å². The van der Waals surface area contributed by atoms with Crippen molar-refractivity contribution in [3.8, 4) is 0 Å². The summed E-state index contributed by atoms with van der Waals surface area (Å²) in [7, 11) is 0. The van der Waals surface area contributed by atoms with E-state index in [1.807, 2.05) is 0 Å². The molecule has 0 aliphatic heterocycles. The summed E-state index contributed by atoms with van der Waals surface area (Å²) in [6, 6.07) is 0.264. The van der Waals surface area contributed by atoms with Crippen molar-refractivity contribution in [2.45, 2.75) is 58.9 Å². The molecule has 1 saturated carbocycles. The highest BCUT2D eigenvalue weighted by Gasteiger charge is 2.27. The van der Waals surface area contributed by atoms with Crippen LogP contribution in [0.15, 0.2) is 12.4 Å². The highest BCUT2D eigenvalue weighted by atomic mass is 16.1. The molecule has 0 saturated heterocycles. The second-order valence-corrected chi connectivity index (χ2v) is 6.63. The molecule has 0 aromatic carbocycles. The van der Waals surface area contributed by atoms with Crippen molar-refractivity contribution in [1.29, 1.82) is 0 Å². The topological polar surface area (TPSA) is 66.9 Å². The Labute approximate surface area is 127 Å². The quantitative estimate of drug-likeness (QED) is 0.875. The Kier molecular flexibility index (Phi) is 5.15. The summed E-state index contributed by atoms with van der Waals surface area (Å²) in [5.41, 5.74) is 0.798. The van der Waals surface area contributed by atoms with Crippen molar-refractivity contribution in [3.63, 3.8) is 0 Å². The fourth-order valence-electron chi connectivity index (χ4n) is 2.62. The predicted octanol–water partition coefficient (Wildman–Crippen LogP) is 3.00. The number of hydrogen-bond acceptors (Lipinski definition) is 4. The molecule has 0 bridgehead atoms. The van der Waals surface area contributed by atoms with E-state index in [9.17, 15) is 4.79 Å². The average molecular weight is 290 g/mol. The van der Waals surface area contributed by atoms with Gasteiger partial charge in [0.1, 0.15) is 11.5 Å². The summed E-state index contributed by atoms with van der Waals surface area (Å²) in [5.74, 6) is 0.543. The SMILES string of the molecule is CCCNc1cncc(C(=O)NC2CCC(C)(C)CC2)n1. The second kappa shape index (κ2) is 6.87. The lowest BCUT2D eigenvalue weighted by atomic mass is 9.75. The van der Waals surface area contributed by atoms with Crippen molar-refractivity contribution in [3.05, 3.63) is 18.1 Å². The van der Waals surface area contributed by atoms with Crippen LogP contribution in [0.5, 0.6) is 0 Å². The third-order valence-electron chi connectivity index (χ3n) is 4.10. The molecule has 0 atom stereocenters. The van der Waals surface area contributed by atoms with Gasteiger partial charge in [0.2, 0.25) is 0 Å². The fraction of sp³-hybridized carbons (Fsp3) is 0.688. The molecule has 1 amide bonds. The minimum atomic E-state index is -0.118. The molecule has 0 spiro atoms. The van der Waals surface area contributed by atoms with Crippen LogP contribution in [-0.4, -0.2) is 28.5 Å². The Balaban J connectivity index is 1.91. The number of hydrogen-bond donors (Lipinski definition) is 2. The molecule has 2 N–H and O–H groups in total. The largest absolute Gasteiger partial charge is 0.369 e. The molecule has 1 aliphatic rings. The zero-order chi connectivity index (χ0) is 15.3. The maximum Gasteiger partial charge on any atom is 0.271 e. The average Bonchev–Trinajstić information content (AvgIpc) is 2.47. The van der Waals surface area contributed by atoms with Crippen molar-refractivity contribution >= 4 is 11.7 Å². The molecule has 116 valence electrons. The van der Waals surface area contributed by atoms with Crippen molar-refractivity contribution in [2.75, 3.05) is 11.9 Å². The van der Waals surface area contributed by atoms with Gasteiger partial charge in [-0.25, -0.2) is 4.98 Å². The molecular formula is C16H26N4O. The lowest BCUT2D eigenvalue weighted by molar-refractivity contribution is 0.0903. The van der Waals surface area contributed by atoms with Gasteiger partial charge in [-0.3, -0.25) is 9.78 Å². The van der Waals surface area contributed by atoms with Gasteiger partial charge in [0.05, 0.1) is 12.4 Å². The van der Waals surface area contributed by atoms with Crippen LogP contribution in [0.4, 0.5) is 5.82 Å². The molecule has 1 aromatic rings. The lowest BCUT2D eigenvalue weighted by Gasteiger charge is -2.34. The molecule has 1 aliphatic carbocycles. The second-order valence-electron chi connectivity index (χ2n) is 6.63. The van der Waals surface area contributed by atoms with Gasteiger partial charge in [0.25, 0.3) is 5.91 Å². The Bertz CT molecular complexity index is 477. The van der Waals surface area contributed by atoms with Gasteiger partial charge in [-0.05, 0) is 37.5 Å². The smallest absolute Gasteiger partial charge is 0.271 e. The standard InChI is InChI=1S/C16H26N4O/c1-4-9-18-14-11-17-10-13(20-14)15(21)19-12-5-7-16(2,3)8-6-12/h10-12H,4-9H2,1-3H3,(H,18,20)(H,19,21). The van der Waals surface area contributed by atoms with Crippen LogP contribution in [0, 0.1) is 5.41 Å². The van der Waals surface area contributed by atoms with Crippen LogP contribution in [0.25, 0.3) is 0 Å². The molecule has 5 nitrogen and oxygen atoms in total. The van der Waals surface area contributed by atoms with E-state index in [0.29, 0.717) is 16.9 Å². The van der Waals surface area contributed by atoms with E-state index in [2.05, 4.69) is 41.4 Å². The van der Waals surface area contributed by atoms with E-state index in [4.69, 9.17) is 0 Å². The molecule has 1 fully saturated rings. The summed E-state index contributed by atoms with van der Waals surface area (Å²) in [5, 5.41) is 6.24.